The van der Waals surface area contributed by atoms with Crippen molar-refractivity contribution in [3.63, 3.8) is 0 Å². The van der Waals surface area contributed by atoms with Gasteiger partial charge in [0.15, 0.2) is 0 Å². The first-order chi connectivity index (χ1) is 12.5. The second-order valence-corrected chi connectivity index (χ2v) is 5.97. The van der Waals surface area contributed by atoms with E-state index in [0.29, 0.717) is 11.3 Å². The third kappa shape index (κ3) is 5.72. The molecule has 2 N–H and O–H groups in total. The molecule has 0 atom stereocenters. The van der Waals surface area contributed by atoms with E-state index in [4.69, 9.17) is 5.26 Å². The molecule has 6 heteroatoms. The van der Waals surface area contributed by atoms with Crippen LogP contribution in [-0.2, 0) is 16.0 Å². The van der Waals surface area contributed by atoms with Crippen molar-refractivity contribution in [2.75, 3.05) is 30.8 Å². The van der Waals surface area contributed by atoms with E-state index in [9.17, 15) is 9.59 Å². The molecule has 134 valence electrons. The average Bonchev–Trinajstić information content (AvgIpc) is 2.61. The highest BCUT2D eigenvalue weighted by molar-refractivity contribution is 5.95. The maximum Gasteiger partial charge on any atom is 0.238 e. The van der Waals surface area contributed by atoms with Gasteiger partial charge in [-0.1, -0.05) is 31.2 Å². The smallest absolute Gasteiger partial charge is 0.238 e. The Balaban J connectivity index is 1.85. The molecule has 2 amide bonds. The van der Waals surface area contributed by atoms with Gasteiger partial charge in [-0.05, 0) is 43.3 Å². The van der Waals surface area contributed by atoms with Gasteiger partial charge in [0.05, 0.1) is 24.7 Å². The zero-order valence-electron chi connectivity index (χ0n) is 15.0. The molecule has 0 aliphatic rings. The van der Waals surface area contributed by atoms with Gasteiger partial charge in [-0.3, -0.25) is 14.5 Å². The lowest BCUT2D eigenvalue weighted by molar-refractivity contribution is -0.119. The zero-order chi connectivity index (χ0) is 18.9. The van der Waals surface area contributed by atoms with Crippen LogP contribution in [0.5, 0.6) is 0 Å². The second kappa shape index (κ2) is 9.35. The fourth-order valence-corrected chi connectivity index (χ4v) is 2.55. The highest BCUT2D eigenvalue weighted by Crippen LogP contribution is 2.15. The minimum atomic E-state index is -0.246. The van der Waals surface area contributed by atoms with Crippen LogP contribution in [0.4, 0.5) is 11.4 Å². The standard InChI is InChI=1S/C20H22N4O2/c1-3-16-8-4-5-10-18(16)23-20(26)14-24(2)13-19(25)22-17-9-6-7-15(11-17)12-21/h4-11H,3,13-14H2,1-2H3,(H,22,25)(H,23,26). The van der Waals surface area contributed by atoms with Crippen molar-refractivity contribution in [2.45, 2.75) is 13.3 Å². The van der Waals surface area contributed by atoms with Gasteiger partial charge in [-0.25, -0.2) is 0 Å². The van der Waals surface area contributed by atoms with Crippen LogP contribution >= 0.6 is 0 Å². The van der Waals surface area contributed by atoms with Crippen molar-refractivity contribution >= 4 is 23.2 Å². The number of nitrogens with one attached hydrogen (secondary N) is 2. The summed E-state index contributed by atoms with van der Waals surface area (Å²) >= 11 is 0. The predicted molar refractivity (Wildman–Crippen MR) is 102 cm³/mol. The summed E-state index contributed by atoms with van der Waals surface area (Å²) in [6.07, 6.45) is 0.830. The first-order valence-corrected chi connectivity index (χ1v) is 8.38. The van der Waals surface area contributed by atoms with E-state index in [2.05, 4.69) is 10.6 Å². The predicted octanol–water partition coefficient (Wildman–Crippen LogP) is 2.63. The topological polar surface area (TPSA) is 85.2 Å². The maximum atomic E-state index is 12.2. The quantitative estimate of drug-likeness (QED) is 0.804. The maximum absolute atomic E-state index is 12.2. The Morgan fingerprint density at radius 3 is 2.42 bits per heavy atom. The van der Waals surface area contributed by atoms with E-state index in [1.54, 1.807) is 36.2 Å². The molecule has 0 saturated carbocycles. The summed E-state index contributed by atoms with van der Waals surface area (Å²) in [5.74, 6) is -0.419. The molecule has 0 aliphatic carbocycles. The Labute approximate surface area is 153 Å². The van der Waals surface area contributed by atoms with E-state index in [1.165, 1.54) is 0 Å². The van der Waals surface area contributed by atoms with E-state index < -0.39 is 0 Å². The number of para-hydroxylation sites is 1. The summed E-state index contributed by atoms with van der Waals surface area (Å²) in [6.45, 7) is 2.20. The zero-order valence-corrected chi connectivity index (χ0v) is 15.0. The van der Waals surface area contributed by atoms with Crippen molar-refractivity contribution in [1.29, 1.82) is 5.26 Å². The number of rotatable bonds is 7. The number of carbonyl (C=O) groups is 2. The molecule has 6 nitrogen and oxygen atoms in total. The third-order valence-corrected chi connectivity index (χ3v) is 3.77. The summed E-state index contributed by atoms with van der Waals surface area (Å²) in [5.41, 5.74) is 2.90. The summed E-state index contributed by atoms with van der Waals surface area (Å²) in [5, 5.41) is 14.5. The Kier molecular flexibility index (Phi) is 6.89. The summed E-state index contributed by atoms with van der Waals surface area (Å²) in [4.78, 5) is 25.9. The fraction of sp³-hybridized carbons (Fsp3) is 0.250. The summed E-state index contributed by atoms with van der Waals surface area (Å²) in [6, 6.07) is 16.4. The fourth-order valence-electron chi connectivity index (χ4n) is 2.55. The van der Waals surface area contributed by atoms with Gasteiger partial charge < -0.3 is 10.6 Å². The lowest BCUT2D eigenvalue weighted by Gasteiger charge is -2.17. The molecular formula is C20H22N4O2. The minimum Gasteiger partial charge on any atom is -0.325 e. The molecule has 0 unspecified atom stereocenters. The number of nitrogens with zero attached hydrogens (tertiary/aromatic N) is 2. The SMILES string of the molecule is CCc1ccccc1NC(=O)CN(C)CC(=O)Nc1cccc(C#N)c1. The third-order valence-electron chi connectivity index (χ3n) is 3.77. The van der Waals surface area contributed by atoms with E-state index in [0.717, 1.165) is 17.7 Å². The van der Waals surface area contributed by atoms with Crippen molar-refractivity contribution in [2.24, 2.45) is 0 Å². The van der Waals surface area contributed by atoms with Crippen LogP contribution in [0.15, 0.2) is 48.5 Å². The van der Waals surface area contributed by atoms with Crippen LogP contribution in [0, 0.1) is 11.3 Å². The van der Waals surface area contributed by atoms with Gasteiger partial charge in [0, 0.05) is 11.4 Å². The van der Waals surface area contributed by atoms with Gasteiger partial charge in [0.2, 0.25) is 11.8 Å². The molecule has 0 spiro atoms. The van der Waals surface area contributed by atoms with E-state index >= 15 is 0 Å². The van der Waals surface area contributed by atoms with Crippen LogP contribution in [0.3, 0.4) is 0 Å². The van der Waals surface area contributed by atoms with Gasteiger partial charge in [0.1, 0.15) is 0 Å². The molecule has 0 saturated heterocycles. The Morgan fingerprint density at radius 2 is 1.73 bits per heavy atom. The van der Waals surface area contributed by atoms with Gasteiger partial charge in [0.25, 0.3) is 0 Å². The highest BCUT2D eigenvalue weighted by atomic mass is 16.2. The molecule has 0 fully saturated rings. The van der Waals surface area contributed by atoms with Crippen molar-refractivity contribution in [1.82, 2.24) is 4.90 Å². The van der Waals surface area contributed by atoms with Crippen LogP contribution in [0.1, 0.15) is 18.1 Å². The number of aryl methyl sites for hydroxylation is 1. The number of likely N-dealkylation sites (N-methyl/N-ethyl adjacent to an activating group) is 1. The summed E-state index contributed by atoms with van der Waals surface area (Å²) in [7, 11) is 1.70. The molecule has 0 aromatic heterocycles. The molecule has 0 radical (unpaired) electrons. The number of amides is 2. The number of hydrogen-bond acceptors (Lipinski definition) is 4. The highest BCUT2D eigenvalue weighted by Gasteiger charge is 2.12. The molecule has 2 rings (SSSR count). The number of hydrogen-bond donors (Lipinski definition) is 2. The lowest BCUT2D eigenvalue weighted by atomic mass is 10.1. The number of anilines is 2. The largest absolute Gasteiger partial charge is 0.325 e. The number of benzene rings is 2. The first kappa shape index (κ1) is 19.2. The molecule has 26 heavy (non-hydrogen) atoms. The number of carbonyl (C=O) groups excluding carboxylic acids is 2. The molecule has 2 aromatic carbocycles. The Bertz CT molecular complexity index is 827. The monoisotopic (exact) mass is 350 g/mol. The first-order valence-electron chi connectivity index (χ1n) is 8.38. The van der Waals surface area contributed by atoms with Gasteiger partial charge in [-0.15, -0.1) is 0 Å². The second-order valence-electron chi connectivity index (χ2n) is 5.97. The van der Waals surface area contributed by atoms with Crippen LogP contribution in [0.2, 0.25) is 0 Å². The number of nitriles is 1. The van der Waals surface area contributed by atoms with Crippen molar-refractivity contribution in [3.05, 3.63) is 59.7 Å². The Morgan fingerprint density at radius 1 is 1.04 bits per heavy atom. The van der Waals surface area contributed by atoms with Gasteiger partial charge >= 0.3 is 0 Å². The average molecular weight is 350 g/mol. The van der Waals surface area contributed by atoms with E-state index in [-0.39, 0.29) is 24.9 Å². The van der Waals surface area contributed by atoms with Crippen molar-refractivity contribution in [3.8, 4) is 6.07 Å². The van der Waals surface area contributed by atoms with E-state index in [1.807, 2.05) is 37.3 Å². The summed E-state index contributed by atoms with van der Waals surface area (Å²) < 4.78 is 0. The lowest BCUT2D eigenvalue weighted by Crippen LogP contribution is -2.36. The van der Waals surface area contributed by atoms with Crippen LogP contribution < -0.4 is 10.6 Å². The Hall–Kier alpha value is -3.17. The van der Waals surface area contributed by atoms with Crippen molar-refractivity contribution < 1.29 is 9.59 Å². The molecule has 0 bridgehead atoms. The van der Waals surface area contributed by atoms with Crippen LogP contribution in [-0.4, -0.2) is 36.9 Å². The molecule has 2 aromatic rings. The van der Waals surface area contributed by atoms with Gasteiger partial charge in [-0.2, -0.15) is 5.26 Å². The molecule has 0 heterocycles. The van der Waals surface area contributed by atoms with Crippen LogP contribution in [0.25, 0.3) is 0 Å². The minimum absolute atomic E-state index is 0.0691. The normalized spacial score (nSPS) is 10.2. The molecule has 0 aliphatic heterocycles. The molecular weight excluding hydrogens is 328 g/mol.